The summed E-state index contributed by atoms with van der Waals surface area (Å²) in [7, 11) is -4.82. The van der Waals surface area contributed by atoms with Crippen LogP contribution < -0.4 is 16.0 Å². The van der Waals surface area contributed by atoms with Crippen LogP contribution in [0.3, 0.4) is 0 Å². The maximum atomic E-state index is 15.9. The number of nitrogens with one attached hydrogen (secondary N) is 2. The number of aromatic amines is 1. The molecule has 0 saturated carbocycles. The molecule has 7 rings (SSSR count). The van der Waals surface area contributed by atoms with Crippen molar-refractivity contribution in [1.29, 1.82) is 0 Å². The highest BCUT2D eigenvalue weighted by atomic mass is 32.7. The Bertz CT molecular complexity index is 1960. The fourth-order valence-electron chi connectivity index (χ4n) is 5.18. The van der Waals surface area contributed by atoms with Crippen LogP contribution >= 0.6 is 19.0 Å². The smallest absolute Gasteiger partial charge is 0.369 e. The summed E-state index contributed by atoms with van der Waals surface area (Å²) in [6.07, 6.45) is -9.02. The third-order valence-corrected chi connectivity index (χ3v) is 9.73. The van der Waals surface area contributed by atoms with E-state index in [0.29, 0.717) is 5.52 Å². The zero-order valence-electron chi connectivity index (χ0n) is 21.8. The molecule has 0 aliphatic carbocycles. The third-order valence-electron chi connectivity index (χ3n) is 7.12. The fraction of sp³-hybridized carbons (Fsp3) is 0.500. The molecule has 4 aromatic rings. The van der Waals surface area contributed by atoms with E-state index in [9.17, 15) is 17.8 Å². The Morgan fingerprint density at radius 3 is 2.61 bits per heavy atom. The number of ether oxygens (including phenoxy) is 2. The molecule has 0 amide bonds. The van der Waals surface area contributed by atoms with Gasteiger partial charge in [-0.2, -0.15) is 18.1 Å². The van der Waals surface area contributed by atoms with Crippen molar-refractivity contribution in [2.45, 2.75) is 49.2 Å². The Kier molecular flexibility index (Phi) is 7.21. The summed E-state index contributed by atoms with van der Waals surface area (Å²) in [5.74, 6) is -0.298. The molecule has 0 radical (unpaired) electrons. The van der Waals surface area contributed by atoms with Gasteiger partial charge in [0.15, 0.2) is 47.7 Å². The van der Waals surface area contributed by atoms with Gasteiger partial charge in [-0.3, -0.25) is 28.0 Å². The lowest BCUT2D eigenvalue weighted by atomic mass is 10.1. The molecule has 24 heteroatoms. The van der Waals surface area contributed by atoms with Crippen molar-refractivity contribution in [1.82, 2.24) is 43.8 Å². The van der Waals surface area contributed by atoms with E-state index < -0.39 is 85.0 Å². The Morgan fingerprint density at radius 1 is 1.05 bits per heavy atom. The minimum atomic E-state index is -4.82. The first-order chi connectivity index (χ1) is 20.9. The zero-order valence-corrected chi connectivity index (χ0v) is 24.4. The predicted octanol–water partition coefficient (Wildman–Crippen LogP) is -0.314. The summed E-state index contributed by atoms with van der Waals surface area (Å²) in [4.78, 5) is 34.4. The number of aromatic nitrogens is 8. The van der Waals surface area contributed by atoms with Crippen LogP contribution in [0.2, 0.25) is 0 Å². The molecule has 3 aliphatic heterocycles. The van der Waals surface area contributed by atoms with Crippen LogP contribution in [-0.2, 0) is 37.6 Å². The Balaban J connectivity index is 1.21. The topological polar surface area (TPSA) is 243 Å². The van der Waals surface area contributed by atoms with Crippen LogP contribution in [-0.4, -0.2) is 97.4 Å². The highest BCUT2D eigenvalue weighted by Gasteiger charge is 2.53. The molecule has 7 heterocycles. The van der Waals surface area contributed by atoms with Crippen LogP contribution in [0.1, 0.15) is 12.5 Å². The van der Waals surface area contributed by atoms with Crippen molar-refractivity contribution in [3.05, 3.63) is 35.5 Å². The van der Waals surface area contributed by atoms with Gasteiger partial charge in [0, 0.05) is 6.54 Å². The van der Waals surface area contributed by atoms with Gasteiger partial charge in [0.05, 0.1) is 25.5 Å². The standard InChI is InChI=1S/C20H21F2N10O9PS2/c21-10-9-3-37-42(34,43)40-13-8(38-18(11(13)22)31-5-26-7-1-24-4-25-15(7)31)2-28-44(35,36)41-14(10)19(39-9)32-6-27-12-16(32)29-20(23)30-17(12)33/h1,4-6,8-11,13-14,18-19,28H,2-3H2,(H,34,43)(H3,23,29,30,33)/t8-,9-,10-,11-,13-,14-,18-,19-,42+/m1/s1. The summed E-state index contributed by atoms with van der Waals surface area (Å²) >= 11 is 3.93. The van der Waals surface area contributed by atoms with Gasteiger partial charge in [0.1, 0.15) is 30.2 Å². The van der Waals surface area contributed by atoms with Crippen LogP contribution in [0.25, 0.3) is 22.3 Å². The molecular weight excluding hydrogens is 657 g/mol. The second-order valence-electron chi connectivity index (χ2n) is 9.88. The van der Waals surface area contributed by atoms with E-state index in [1.54, 1.807) is 0 Å². The van der Waals surface area contributed by atoms with Gasteiger partial charge in [-0.05, 0) is 0 Å². The SMILES string of the molecule is Nc1nc2c(ncn2[C@@H]2O[C@@H]3CO[P@](=O)(S)O[C@H]4[C@@H](F)[C@H](n5cnc6cncnc65)O[C@@H]4CNS(=O)(=O)O[C@@H]2[C@@H]3F)c(=O)[nH]1. The number of rotatable bonds is 2. The first-order valence-corrected chi connectivity index (χ1v) is 16.8. The Labute approximate surface area is 249 Å². The normalized spacial score (nSPS) is 36.1. The van der Waals surface area contributed by atoms with Gasteiger partial charge in [-0.15, -0.1) is 0 Å². The maximum Gasteiger partial charge on any atom is 0.386 e. The van der Waals surface area contributed by atoms with Gasteiger partial charge >= 0.3 is 17.1 Å². The minimum absolute atomic E-state index is 0.159. The fourth-order valence-corrected chi connectivity index (χ4v) is 7.59. The number of imidazole rings is 2. The molecule has 3 fully saturated rings. The molecular formula is C20H21F2N10O9PS2. The first kappa shape index (κ1) is 29.6. The number of nitrogens with two attached hydrogens (primary N) is 1. The predicted molar refractivity (Wildman–Crippen MR) is 145 cm³/mol. The highest BCUT2D eigenvalue weighted by molar-refractivity contribution is 8.44. The van der Waals surface area contributed by atoms with E-state index in [-0.39, 0.29) is 22.8 Å². The molecule has 44 heavy (non-hydrogen) atoms. The van der Waals surface area contributed by atoms with Crippen LogP contribution in [0.4, 0.5) is 14.7 Å². The van der Waals surface area contributed by atoms with E-state index in [2.05, 4.69) is 46.9 Å². The highest BCUT2D eigenvalue weighted by Crippen LogP contribution is 2.57. The van der Waals surface area contributed by atoms with Crippen molar-refractivity contribution in [3.63, 3.8) is 0 Å². The summed E-state index contributed by atoms with van der Waals surface area (Å²) in [6, 6.07) is 0. The largest absolute Gasteiger partial charge is 0.386 e. The lowest BCUT2D eigenvalue weighted by Crippen LogP contribution is -2.43. The summed E-state index contributed by atoms with van der Waals surface area (Å²) in [5.41, 5.74) is 5.09. The Morgan fingerprint density at radius 2 is 1.80 bits per heavy atom. The molecule has 0 aromatic carbocycles. The van der Waals surface area contributed by atoms with E-state index >= 15 is 8.78 Å². The number of halogens is 2. The van der Waals surface area contributed by atoms with Gasteiger partial charge in [-0.1, -0.05) is 12.2 Å². The zero-order chi connectivity index (χ0) is 31.0. The molecule has 19 nitrogen and oxygen atoms in total. The van der Waals surface area contributed by atoms with Crippen LogP contribution in [0.5, 0.6) is 0 Å². The summed E-state index contributed by atoms with van der Waals surface area (Å²) in [6.45, 7) is -5.94. The number of fused-ring (bicyclic) bond motifs is 5. The summed E-state index contributed by atoms with van der Waals surface area (Å²) in [5, 5.41) is 0. The average molecular weight is 679 g/mol. The van der Waals surface area contributed by atoms with E-state index in [0.717, 1.165) is 10.9 Å². The van der Waals surface area contributed by atoms with E-state index in [1.807, 2.05) is 0 Å². The van der Waals surface area contributed by atoms with Crippen molar-refractivity contribution in [2.24, 2.45) is 0 Å². The third kappa shape index (κ3) is 5.16. The van der Waals surface area contributed by atoms with Crippen molar-refractivity contribution in [2.75, 3.05) is 18.9 Å². The number of hydrogen-bond acceptors (Lipinski definition) is 15. The first-order valence-electron chi connectivity index (χ1n) is 12.7. The second kappa shape index (κ2) is 10.7. The lowest BCUT2D eigenvalue weighted by Gasteiger charge is -2.24. The molecule has 4 N–H and O–H groups in total. The number of hydrogen-bond donors (Lipinski definition) is 4. The molecule has 3 aliphatic rings. The summed E-state index contributed by atoms with van der Waals surface area (Å²) < 4.78 is 103. The number of nitrogen functional groups attached to an aromatic ring is 1. The maximum absolute atomic E-state index is 15.9. The molecule has 236 valence electrons. The van der Waals surface area contributed by atoms with E-state index in [4.69, 9.17) is 28.4 Å². The number of thiol groups is 1. The second-order valence-corrected chi connectivity index (χ2v) is 14.1. The van der Waals surface area contributed by atoms with Crippen molar-refractivity contribution >= 4 is 57.6 Å². The van der Waals surface area contributed by atoms with Crippen LogP contribution in [0, 0.1) is 0 Å². The average Bonchev–Trinajstić information content (AvgIpc) is 3.72. The van der Waals surface area contributed by atoms with Crippen LogP contribution in [0.15, 0.2) is 30.0 Å². The number of anilines is 1. The van der Waals surface area contributed by atoms with Gasteiger partial charge < -0.3 is 15.2 Å². The molecule has 0 spiro atoms. The molecule has 0 unspecified atom stereocenters. The monoisotopic (exact) mass is 678 g/mol. The van der Waals surface area contributed by atoms with Crippen molar-refractivity contribution in [3.8, 4) is 0 Å². The van der Waals surface area contributed by atoms with Crippen molar-refractivity contribution < 1.29 is 44.5 Å². The molecule has 9 atom stereocenters. The number of H-pyrrole nitrogens is 1. The van der Waals surface area contributed by atoms with Gasteiger partial charge in [0.25, 0.3) is 5.56 Å². The van der Waals surface area contributed by atoms with Gasteiger partial charge in [0.2, 0.25) is 5.95 Å². The minimum Gasteiger partial charge on any atom is -0.369 e. The van der Waals surface area contributed by atoms with Gasteiger partial charge in [-0.25, -0.2) is 37.5 Å². The van der Waals surface area contributed by atoms with E-state index in [1.165, 1.54) is 23.4 Å². The number of nitrogens with zero attached hydrogens (tertiary/aromatic N) is 7. The molecule has 4 aromatic heterocycles. The lowest BCUT2D eigenvalue weighted by molar-refractivity contribution is -0.0456. The Hall–Kier alpha value is -3.15. The number of alkyl halides is 2. The quantitative estimate of drug-likeness (QED) is 0.157. The molecule has 2 bridgehead atoms. The molecule has 3 saturated heterocycles.